The van der Waals surface area contributed by atoms with Crippen LogP contribution in [0.1, 0.15) is 32.6 Å². The van der Waals surface area contributed by atoms with Crippen molar-refractivity contribution in [1.82, 2.24) is 15.0 Å². The van der Waals surface area contributed by atoms with Crippen LogP contribution in [-0.2, 0) is 0 Å². The van der Waals surface area contributed by atoms with Crippen LogP contribution in [0.3, 0.4) is 0 Å². The van der Waals surface area contributed by atoms with E-state index in [1.54, 1.807) is 0 Å². The van der Waals surface area contributed by atoms with Crippen molar-refractivity contribution >= 4 is 11.9 Å². The van der Waals surface area contributed by atoms with Crippen LogP contribution < -0.4 is 15.4 Å². The number of nitrogens with zero attached hydrogens (tertiary/aromatic N) is 3. The predicted octanol–water partition coefficient (Wildman–Crippen LogP) is 1.03. The number of aliphatic hydroxyl groups is 1. The number of hydrogen-bond acceptors (Lipinski definition) is 7. The molecule has 0 saturated heterocycles. The van der Waals surface area contributed by atoms with E-state index in [9.17, 15) is 5.11 Å². The van der Waals surface area contributed by atoms with Gasteiger partial charge in [-0.2, -0.15) is 15.0 Å². The molecule has 106 valence electrons. The first-order valence-electron chi connectivity index (χ1n) is 6.65. The number of anilines is 2. The summed E-state index contributed by atoms with van der Waals surface area (Å²) in [4.78, 5) is 12.4. The summed E-state index contributed by atoms with van der Waals surface area (Å²) in [5.74, 6) is 0.887. The summed E-state index contributed by atoms with van der Waals surface area (Å²) in [7, 11) is 1.51. The van der Waals surface area contributed by atoms with Crippen LogP contribution in [0.2, 0.25) is 0 Å². The molecule has 1 aromatic rings. The molecule has 0 spiro atoms. The van der Waals surface area contributed by atoms with E-state index in [1.165, 1.54) is 7.11 Å². The maximum atomic E-state index is 10.3. The van der Waals surface area contributed by atoms with Gasteiger partial charge in [0.25, 0.3) is 0 Å². The summed E-state index contributed by atoms with van der Waals surface area (Å²) >= 11 is 0. The fourth-order valence-electron chi connectivity index (χ4n) is 2.22. The zero-order valence-corrected chi connectivity index (χ0v) is 11.4. The lowest BCUT2D eigenvalue weighted by atomic mass is 10.0. The van der Waals surface area contributed by atoms with Crippen molar-refractivity contribution in [3.8, 4) is 6.01 Å². The number of aromatic nitrogens is 3. The molecule has 0 atom stereocenters. The lowest BCUT2D eigenvalue weighted by molar-refractivity contribution is 0.0613. The molecule has 7 heteroatoms. The minimum Gasteiger partial charge on any atom is -0.467 e. The highest BCUT2D eigenvalue weighted by Crippen LogP contribution is 2.29. The Labute approximate surface area is 112 Å². The molecule has 19 heavy (non-hydrogen) atoms. The summed E-state index contributed by atoms with van der Waals surface area (Å²) in [6, 6.07) is 0.256. The van der Waals surface area contributed by atoms with Crippen molar-refractivity contribution in [3.63, 3.8) is 0 Å². The molecule has 3 N–H and O–H groups in total. The number of nitrogens with one attached hydrogen (secondary N) is 2. The third-order valence-electron chi connectivity index (χ3n) is 3.24. The molecule has 0 unspecified atom stereocenters. The van der Waals surface area contributed by atoms with E-state index in [0.29, 0.717) is 18.4 Å². The van der Waals surface area contributed by atoms with Crippen molar-refractivity contribution < 1.29 is 9.84 Å². The Hall–Kier alpha value is -1.63. The minimum atomic E-state index is -0.641. The zero-order chi connectivity index (χ0) is 13.7. The fourth-order valence-corrected chi connectivity index (χ4v) is 2.22. The molecule has 0 bridgehead atoms. The van der Waals surface area contributed by atoms with E-state index in [1.807, 2.05) is 6.92 Å². The normalized spacial score (nSPS) is 17.2. The van der Waals surface area contributed by atoms with Gasteiger partial charge in [-0.05, 0) is 19.8 Å². The maximum absolute atomic E-state index is 10.3. The smallest absolute Gasteiger partial charge is 0.322 e. The van der Waals surface area contributed by atoms with E-state index in [4.69, 9.17) is 4.74 Å². The number of rotatable bonds is 6. The summed E-state index contributed by atoms with van der Waals surface area (Å²) in [6.07, 6.45) is 3.78. The Balaban J connectivity index is 2.04. The molecule has 1 aliphatic rings. The third kappa shape index (κ3) is 3.66. The van der Waals surface area contributed by atoms with Gasteiger partial charge < -0.3 is 20.5 Å². The first-order valence-corrected chi connectivity index (χ1v) is 6.65. The van der Waals surface area contributed by atoms with Crippen LogP contribution in [0.25, 0.3) is 0 Å². The highest BCUT2D eigenvalue weighted by atomic mass is 16.5. The number of ether oxygens (including phenoxy) is 1. The van der Waals surface area contributed by atoms with Crippen molar-refractivity contribution in [2.75, 3.05) is 30.8 Å². The molecular weight excluding hydrogens is 246 g/mol. The van der Waals surface area contributed by atoms with E-state index >= 15 is 0 Å². The molecule has 2 rings (SSSR count). The number of methoxy groups -OCH3 is 1. The van der Waals surface area contributed by atoms with Crippen LogP contribution in [0.4, 0.5) is 11.9 Å². The molecule has 1 heterocycles. The van der Waals surface area contributed by atoms with Gasteiger partial charge in [-0.1, -0.05) is 12.8 Å². The number of hydrogen-bond donors (Lipinski definition) is 3. The fraction of sp³-hybridized carbons (Fsp3) is 0.750. The van der Waals surface area contributed by atoms with Crippen LogP contribution in [0.5, 0.6) is 6.01 Å². The van der Waals surface area contributed by atoms with Crippen LogP contribution in [0.15, 0.2) is 0 Å². The maximum Gasteiger partial charge on any atom is 0.322 e. The highest BCUT2D eigenvalue weighted by molar-refractivity contribution is 5.36. The van der Waals surface area contributed by atoms with Gasteiger partial charge in [0, 0.05) is 13.1 Å². The predicted molar refractivity (Wildman–Crippen MR) is 72.5 cm³/mol. The molecule has 0 radical (unpaired) electrons. The molecule has 1 saturated carbocycles. The molecule has 7 nitrogen and oxygen atoms in total. The monoisotopic (exact) mass is 267 g/mol. The summed E-state index contributed by atoms with van der Waals surface area (Å²) in [5.41, 5.74) is -0.641. The molecular formula is C12H21N5O2. The Kier molecular flexibility index (Phi) is 4.36. The second kappa shape index (κ2) is 6.01. The van der Waals surface area contributed by atoms with Crippen molar-refractivity contribution in [2.45, 2.75) is 38.2 Å². The molecule has 1 aromatic heterocycles. The molecule has 1 fully saturated rings. The molecule has 1 aliphatic carbocycles. The van der Waals surface area contributed by atoms with E-state index in [-0.39, 0.29) is 6.01 Å². The Morgan fingerprint density at radius 3 is 2.37 bits per heavy atom. The van der Waals surface area contributed by atoms with Gasteiger partial charge in [-0.15, -0.1) is 0 Å². The third-order valence-corrected chi connectivity index (χ3v) is 3.24. The lowest BCUT2D eigenvalue weighted by Crippen LogP contribution is -2.34. The average molecular weight is 267 g/mol. The first-order chi connectivity index (χ1) is 9.15. The van der Waals surface area contributed by atoms with Gasteiger partial charge in [0.15, 0.2) is 0 Å². The summed E-state index contributed by atoms with van der Waals surface area (Å²) < 4.78 is 5.03. The Morgan fingerprint density at radius 1 is 1.16 bits per heavy atom. The largest absolute Gasteiger partial charge is 0.467 e. The quantitative estimate of drug-likeness (QED) is 0.709. The average Bonchev–Trinajstić information content (AvgIpc) is 2.84. The van der Waals surface area contributed by atoms with Gasteiger partial charge >= 0.3 is 6.01 Å². The zero-order valence-electron chi connectivity index (χ0n) is 11.4. The summed E-state index contributed by atoms with van der Waals surface area (Å²) in [5, 5.41) is 16.4. The van der Waals surface area contributed by atoms with Gasteiger partial charge in [0.2, 0.25) is 11.9 Å². The Bertz CT molecular complexity index is 421. The van der Waals surface area contributed by atoms with E-state index < -0.39 is 5.60 Å². The van der Waals surface area contributed by atoms with Gasteiger partial charge in [-0.3, -0.25) is 0 Å². The van der Waals surface area contributed by atoms with Gasteiger partial charge in [0.1, 0.15) is 0 Å². The molecule has 0 aliphatic heterocycles. The lowest BCUT2D eigenvalue weighted by Gasteiger charge is -2.22. The molecule has 0 amide bonds. The standard InChI is InChI=1S/C12H21N5O2/c1-3-13-9-15-10(17-11(16-9)19-2)14-8-12(18)6-4-5-7-12/h18H,3-8H2,1-2H3,(H2,13,14,15,16,17). The van der Waals surface area contributed by atoms with Crippen molar-refractivity contribution in [3.05, 3.63) is 0 Å². The van der Waals surface area contributed by atoms with Crippen LogP contribution in [0, 0.1) is 0 Å². The summed E-state index contributed by atoms with van der Waals surface area (Å²) in [6.45, 7) is 3.13. The van der Waals surface area contributed by atoms with Crippen LogP contribution >= 0.6 is 0 Å². The van der Waals surface area contributed by atoms with Crippen molar-refractivity contribution in [2.24, 2.45) is 0 Å². The second-order valence-electron chi connectivity index (χ2n) is 4.78. The first kappa shape index (κ1) is 13.8. The molecule has 0 aromatic carbocycles. The highest BCUT2D eigenvalue weighted by Gasteiger charge is 2.31. The second-order valence-corrected chi connectivity index (χ2v) is 4.78. The Morgan fingerprint density at radius 2 is 1.79 bits per heavy atom. The topological polar surface area (TPSA) is 92.2 Å². The minimum absolute atomic E-state index is 0.256. The van der Waals surface area contributed by atoms with E-state index in [2.05, 4.69) is 25.6 Å². The van der Waals surface area contributed by atoms with Crippen LogP contribution in [-0.4, -0.2) is 45.9 Å². The SMILES string of the molecule is CCNc1nc(NCC2(O)CCCC2)nc(OC)n1. The van der Waals surface area contributed by atoms with Gasteiger partial charge in [0.05, 0.1) is 12.7 Å². The van der Waals surface area contributed by atoms with Gasteiger partial charge in [-0.25, -0.2) is 0 Å². The van der Waals surface area contributed by atoms with E-state index in [0.717, 1.165) is 32.2 Å². The van der Waals surface area contributed by atoms with Crippen molar-refractivity contribution in [1.29, 1.82) is 0 Å².